The summed E-state index contributed by atoms with van der Waals surface area (Å²) in [6.45, 7) is 4.13. The van der Waals surface area contributed by atoms with Gasteiger partial charge in [-0.15, -0.1) is 0 Å². The molecule has 18 heavy (non-hydrogen) atoms. The lowest BCUT2D eigenvalue weighted by molar-refractivity contribution is -0.0759. The maximum Gasteiger partial charge on any atom is 0.0641 e. The van der Waals surface area contributed by atoms with Crippen LogP contribution in [0.25, 0.3) is 0 Å². The second-order valence-corrected chi connectivity index (χ2v) is 5.62. The second kappa shape index (κ2) is 5.09. The lowest BCUT2D eigenvalue weighted by atomic mass is 9.64. The van der Waals surface area contributed by atoms with E-state index >= 15 is 0 Å². The van der Waals surface area contributed by atoms with Crippen LogP contribution in [0.4, 0.5) is 0 Å². The molecular formula is C15H20N2O. The van der Waals surface area contributed by atoms with Gasteiger partial charge in [0, 0.05) is 17.5 Å². The van der Waals surface area contributed by atoms with E-state index in [0.717, 1.165) is 12.0 Å². The van der Waals surface area contributed by atoms with Crippen LogP contribution in [0.3, 0.4) is 0 Å². The summed E-state index contributed by atoms with van der Waals surface area (Å²) in [7, 11) is 0. The maximum absolute atomic E-state index is 9.75. The van der Waals surface area contributed by atoms with Gasteiger partial charge in [0.05, 0.1) is 18.6 Å². The van der Waals surface area contributed by atoms with Crippen molar-refractivity contribution in [3.8, 4) is 6.07 Å². The molecule has 1 aromatic rings. The molecule has 2 N–H and O–H groups in total. The molecule has 3 atom stereocenters. The lowest BCUT2D eigenvalue weighted by Gasteiger charge is -2.50. The molecule has 3 unspecified atom stereocenters. The normalized spacial score (nSPS) is 27.0. The number of rotatable bonds is 4. The molecule has 1 fully saturated rings. The minimum absolute atomic E-state index is 0.0491. The highest BCUT2D eigenvalue weighted by Crippen LogP contribution is 2.41. The van der Waals surface area contributed by atoms with E-state index in [1.54, 1.807) is 0 Å². The highest BCUT2D eigenvalue weighted by atomic mass is 16.3. The third kappa shape index (κ3) is 2.40. The molecule has 1 aliphatic carbocycles. The fourth-order valence-electron chi connectivity index (χ4n) is 2.48. The monoisotopic (exact) mass is 244 g/mol. The third-order valence-electron chi connectivity index (χ3n) is 4.12. The summed E-state index contributed by atoms with van der Waals surface area (Å²) in [5.41, 5.74) is 1.03. The van der Waals surface area contributed by atoms with E-state index in [0.29, 0.717) is 6.42 Å². The molecule has 0 bridgehead atoms. The zero-order valence-electron chi connectivity index (χ0n) is 10.9. The molecule has 0 amide bonds. The number of nitrogens with zero attached hydrogens (tertiary/aromatic N) is 1. The molecular weight excluding hydrogens is 224 g/mol. The third-order valence-corrected chi connectivity index (χ3v) is 4.12. The van der Waals surface area contributed by atoms with Crippen molar-refractivity contribution in [1.82, 2.24) is 5.32 Å². The Morgan fingerprint density at radius 2 is 2.11 bits per heavy atom. The quantitative estimate of drug-likeness (QED) is 0.855. The van der Waals surface area contributed by atoms with E-state index in [1.807, 2.05) is 30.3 Å². The topological polar surface area (TPSA) is 56.0 Å². The van der Waals surface area contributed by atoms with Gasteiger partial charge in [-0.3, -0.25) is 0 Å². The number of benzene rings is 1. The number of aliphatic hydroxyl groups is 1. The van der Waals surface area contributed by atoms with Crippen LogP contribution < -0.4 is 5.32 Å². The predicted molar refractivity (Wildman–Crippen MR) is 70.7 cm³/mol. The molecule has 0 aliphatic heterocycles. The van der Waals surface area contributed by atoms with Gasteiger partial charge in [0.1, 0.15) is 0 Å². The molecule has 2 rings (SSSR count). The van der Waals surface area contributed by atoms with Crippen molar-refractivity contribution in [2.75, 3.05) is 0 Å². The first kappa shape index (κ1) is 13.1. The summed E-state index contributed by atoms with van der Waals surface area (Å²) in [5.74, 6) is 0. The van der Waals surface area contributed by atoms with Gasteiger partial charge in [-0.05, 0) is 12.0 Å². The average molecular weight is 244 g/mol. The molecule has 1 aliphatic rings. The smallest absolute Gasteiger partial charge is 0.0641 e. The van der Waals surface area contributed by atoms with E-state index in [1.165, 1.54) is 0 Å². The number of aliphatic hydroxyl groups excluding tert-OH is 1. The van der Waals surface area contributed by atoms with Crippen molar-refractivity contribution in [2.24, 2.45) is 5.41 Å². The van der Waals surface area contributed by atoms with Crippen molar-refractivity contribution < 1.29 is 5.11 Å². The Balaban J connectivity index is 2.07. The molecule has 0 aromatic heterocycles. The van der Waals surface area contributed by atoms with Crippen molar-refractivity contribution >= 4 is 0 Å². The zero-order chi connectivity index (χ0) is 13.2. The van der Waals surface area contributed by atoms with Crippen molar-refractivity contribution in [2.45, 2.75) is 44.9 Å². The molecule has 0 saturated heterocycles. The largest absolute Gasteiger partial charge is 0.392 e. The zero-order valence-corrected chi connectivity index (χ0v) is 10.9. The number of nitrogens with one attached hydrogen (secondary N) is 1. The Hall–Kier alpha value is -1.37. The van der Waals surface area contributed by atoms with Gasteiger partial charge in [-0.25, -0.2) is 0 Å². The molecule has 3 heteroatoms. The highest BCUT2D eigenvalue weighted by Gasteiger charge is 2.47. The van der Waals surface area contributed by atoms with Gasteiger partial charge in [0.25, 0.3) is 0 Å². The van der Waals surface area contributed by atoms with E-state index in [4.69, 9.17) is 5.26 Å². The molecule has 0 radical (unpaired) electrons. The van der Waals surface area contributed by atoms with E-state index in [-0.39, 0.29) is 23.6 Å². The first-order chi connectivity index (χ1) is 8.55. The summed E-state index contributed by atoms with van der Waals surface area (Å²) in [4.78, 5) is 0. The standard InChI is InChI=1S/C15H20N2O/c1-15(2)13(10-14(15)18)17-12(8-9-16)11-6-4-3-5-7-11/h3-7,12-14,17-18H,8,10H2,1-2H3. The van der Waals surface area contributed by atoms with Crippen LogP contribution in [0.15, 0.2) is 30.3 Å². The van der Waals surface area contributed by atoms with Gasteiger partial charge in [-0.1, -0.05) is 44.2 Å². The summed E-state index contributed by atoms with van der Waals surface area (Å²) in [5, 5.41) is 22.2. The summed E-state index contributed by atoms with van der Waals surface area (Å²) in [6, 6.07) is 12.6. The van der Waals surface area contributed by atoms with Gasteiger partial charge in [0.2, 0.25) is 0 Å². The van der Waals surface area contributed by atoms with E-state index < -0.39 is 0 Å². The summed E-state index contributed by atoms with van der Waals surface area (Å²) in [6.07, 6.45) is 0.975. The van der Waals surface area contributed by atoms with Gasteiger partial charge >= 0.3 is 0 Å². The number of hydrogen-bond donors (Lipinski definition) is 2. The molecule has 3 nitrogen and oxygen atoms in total. The van der Waals surface area contributed by atoms with E-state index in [2.05, 4.69) is 25.2 Å². The molecule has 0 spiro atoms. The van der Waals surface area contributed by atoms with Crippen molar-refractivity contribution in [3.63, 3.8) is 0 Å². The van der Waals surface area contributed by atoms with Crippen LogP contribution in [0.1, 0.15) is 38.3 Å². The fraction of sp³-hybridized carbons (Fsp3) is 0.533. The second-order valence-electron chi connectivity index (χ2n) is 5.62. The molecule has 96 valence electrons. The minimum Gasteiger partial charge on any atom is -0.392 e. The molecule has 1 saturated carbocycles. The van der Waals surface area contributed by atoms with Crippen molar-refractivity contribution in [1.29, 1.82) is 5.26 Å². The predicted octanol–water partition coefficient (Wildman–Crippen LogP) is 2.39. The van der Waals surface area contributed by atoms with Crippen LogP contribution in [0, 0.1) is 16.7 Å². The fourth-order valence-corrected chi connectivity index (χ4v) is 2.48. The Labute approximate surface area is 108 Å². The van der Waals surface area contributed by atoms with Gasteiger partial charge < -0.3 is 10.4 Å². The summed E-state index contributed by atoms with van der Waals surface area (Å²) < 4.78 is 0. The van der Waals surface area contributed by atoms with Crippen molar-refractivity contribution in [3.05, 3.63) is 35.9 Å². The highest BCUT2D eigenvalue weighted by molar-refractivity contribution is 5.21. The first-order valence-corrected chi connectivity index (χ1v) is 6.41. The minimum atomic E-state index is -0.242. The Morgan fingerprint density at radius 3 is 2.61 bits per heavy atom. The summed E-state index contributed by atoms with van der Waals surface area (Å²) >= 11 is 0. The van der Waals surface area contributed by atoms with Crippen LogP contribution in [0.2, 0.25) is 0 Å². The van der Waals surface area contributed by atoms with Gasteiger partial charge in [-0.2, -0.15) is 5.26 Å². The van der Waals surface area contributed by atoms with Crippen LogP contribution in [0.5, 0.6) is 0 Å². The van der Waals surface area contributed by atoms with Crippen LogP contribution in [-0.2, 0) is 0 Å². The van der Waals surface area contributed by atoms with Crippen LogP contribution in [-0.4, -0.2) is 17.3 Å². The maximum atomic E-state index is 9.75. The Kier molecular flexibility index (Phi) is 3.70. The van der Waals surface area contributed by atoms with Gasteiger partial charge in [0.15, 0.2) is 0 Å². The Bertz CT molecular complexity index is 436. The number of hydrogen-bond acceptors (Lipinski definition) is 3. The van der Waals surface area contributed by atoms with E-state index in [9.17, 15) is 5.11 Å². The average Bonchev–Trinajstić information content (AvgIpc) is 2.38. The molecule has 0 heterocycles. The SMILES string of the molecule is CC1(C)C(O)CC1NC(CC#N)c1ccccc1. The molecule has 1 aromatic carbocycles. The van der Waals surface area contributed by atoms with Crippen LogP contribution >= 0.6 is 0 Å². The number of nitriles is 1. The lowest BCUT2D eigenvalue weighted by Crippen LogP contribution is -2.60. The first-order valence-electron chi connectivity index (χ1n) is 6.41. The Morgan fingerprint density at radius 1 is 1.44 bits per heavy atom.